The fourth-order valence-corrected chi connectivity index (χ4v) is 5.63. The molecule has 0 spiro atoms. The quantitative estimate of drug-likeness (QED) is 0.750. The molecule has 7 nitrogen and oxygen atoms in total. The van der Waals surface area contributed by atoms with Gasteiger partial charge in [-0.3, -0.25) is 14.3 Å². The molecular weight excluding hydrogens is 390 g/mol. The summed E-state index contributed by atoms with van der Waals surface area (Å²) in [6.45, 7) is 0. The number of nitrogens with zero attached hydrogens (tertiary/aromatic N) is 2. The maximum Gasteiger partial charge on any atom is 0.233 e. The van der Waals surface area contributed by atoms with Crippen LogP contribution in [0.1, 0.15) is 50.0 Å². The molecule has 4 rings (SSSR count). The van der Waals surface area contributed by atoms with Gasteiger partial charge in [0, 0.05) is 32.2 Å². The van der Waals surface area contributed by atoms with E-state index >= 15 is 0 Å². The number of hydrogen-bond donors (Lipinski definition) is 1. The summed E-state index contributed by atoms with van der Waals surface area (Å²) in [5, 5.41) is 6.78. The molecular formula is C21H25N3O4S. The summed E-state index contributed by atoms with van der Waals surface area (Å²) < 4.78 is 26.5. The van der Waals surface area contributed by atoms with Crippen LogP contribution in [0.15, 0.2) is 41.4 Å². The first-order valence-corrected chi connectivity index (χ1v) is 11.5. The first-order chi connectivity index (χ1) is 13.8. The molecule has 29 heavy (non-hydrogen) atoms. The summed E-state index contributed by atoms with van der Waals surface area (Å²) in [5.41, 5.74) is 0.757. The van der Waals surface area contributed by atoms with Gasteiger partial charge in [0.15, 0.2) is 15.7 Å². The van der Waals surface area contributed by atoms with E-state index in [0.29, 0.717) is 30.0 Å². The standard InChI is InChI=1S/C21H25N3O4S/c1-24-11-10-20(23-24)22-21(26)19(13-14-2-5-16(25)12-14)15-3-6-17(7-4-15)29(27,28)18-8-9-18/h3-4,6-7,10-11,14,18-19H,2,5,8-9,12-13H2,1H3,(H,22,23,26)/t14-,19?/m0/s1. The fourth-order valence-electron chi connectivity index (χ4n) is 3.98. The lowest BCUT2D eigenvalue weighted by molar-refractivity contribution is -0.119. The molecule has 1 aromatic heterocycles. The summed E-state index contributed by atoms with van der Waals surface area (Å²) in [6.07, 6.45) is 5.60. The van der Waals surface area contributed by atoms with Crippen LogP contribution in [0.4, 0.5) is 5.82 Å². The largest absolute Gasteiger partial charge is 0.309 e. The van der Waals surface area contributed by atoms with Gasteiger partial charge in [-0.2, -0.15) is 5.10 Å². The van der Waals surface area contributed by atoms with Crippen molar-refractivity contribution in [3.05, 3.63) is 42.1 Å². The number of benzene rings is 1. The number of ketones is 1. The Morgan fingerprint density at radius 2 is 1.93 bits per heavy atom. The zero-order valence-electron chi connectivity index (χ0n) is 16.4. The van der Waals surface area contributed by atoms with E-state index in [1.54, 1.807) is 48.3 Å². The number of aromatic nitrogens is 2. The van der Waals surface area contributed by atoms with Gasteiger partial charge in [0.1, 0.15) is 5.78 Å². The molecule has 1 heterocycles. The minimum Gasteiger partial charge on any atom is -0.309 e. The van der Waals surface area contributed by atoms with E-state index in [2.05, 4.69) is 10.4 Å². The van der Waals surface area contributed by atoms with Crippen LogP contribution in [0.25, 0.3) is 0 Å². The van der Waals surface area contributed by atoms with Gasteiger partial charge in [-0.05, 0) is 49.3 Å². The molecule has 2 atom stereocenters. The molecule has 1 amide bonds. The Morgan fingerprint density at radius 1 is 1.21 bits per heavy atom. The lowest BCUT2D eigenvalue weighted by Crippen LogP contribution is -2.23. The Balaban J connectivity index is 1.56. The highest BCUT2D eigenvalue weighted by Crippen LogP contribution is 2.36. The van der Waals surface area contributed by atoms with Crippen LogP contribution in [0, 0.1) is 5.92 Å². The van der Waals surface area contributed by atoms with Crippen molar-refractivity contribution < 1.29 is 18.0 Å². The Labute approximate surface area is 170 Å². The van der Waals surface area contributed by atoms with E-state index in [9.17, 15) is 18.0 Å². The Bertz CT molecular complexity index is 1020. The average molecular weight is 416 g/mol. The lowest BCUT2D eigenvalue weighted by atomic mass is 9.87. The SMILES string of the molecule is Cn1ccc(NC(=O)C(C[C@H]2CCC(=O)C2)c2ccc(S(=O)(=O)C3CC3)cc2)n1. The van der Waals surface area contributed by atoms with E-state index in [-0.39, 0.29) is 22.9 Å². The zero-order valence-corrected chi connectivity index (χ0v) is 17.2. The summed E-state index contributed by atoms with van der Waals surface area (Å²) in [7, 11) is -1.49. The molecule has 8 heteroatoms. The smallest absolute Gasteiger partial charge is 0.233 e. The van der Waals surface area contributed by atoms with Crippen LogP contribution in [-0.4, -0.2) is 35.1 Å². The van der Waals surface area contributed by atoms with Crippen LogP contribution in [-0.2, 0) is 26.5 Å². The molecule has 0 bridgehead atoms. The molecule has 2 aromatic rings. The van der Waals surface area contributed by atoms with Crippen molar-refractivity contribution in [2.45, 2.75) is 54.6 Å². The van der Waals surface area contributed by atoms with E-state index in [4.69, 9.17) is 0 Å². The number of Topliss-reactive ketones (excluding diaryl/α,β-unsaturated/α-hetero) is 1. The first kappa shape index (κ1) is 19.8. The molecule has 1 N–H and O–H groups in total. The van der Waals surface area contributed by atoms with Gasteiger partial charge >= 0.3 is 0 Å². The first-order valence-electron chi connectivity index (χ1n) is 9.99. The van der Waals surface area contributed by atoms with Crippen molar-refractivity contribution in [1.29, 1.82) is 0 Å². The molecule has 154 valence electrons. The third kappa shape index (κ3) is 4.42. The van der Waals surface area contributed by atoms with Crippen molar-refractivity contribution in [2.75, 3.05) is 5.32 Å². The Hall–Kier alpha value is -2.48. The summed E-state index contributed by atoms with van der Waals surface area (Å²) in [6, 6.07) is 8.39. The molecule has 1 unspecified atom stereocenters. The molecule has 1 aromatic carbocycles. The summed E-state index contributed by atoms with van der Waals surface area (Å²) in [5.74, 6) is 0.214. The van der Waals surface area contributed by atoms with Gasteiger partial charge in [-0.15, -0.1) is 0 Å². The average Bonchev–Trinajstić information content (AvgIpc) is 3.37. The van der Waals surface area contributed by atoms with Gasteiger partial charge in [-0.1, -0.05) is 12.1 Å². The Kier molecular flexibility index (Phi) is 5.29. The number of rotatable bonds is 7. The highest BCUT2D eigenvalue weighted by atomic mass is 32.2. The third-order valence-electron chi connectivity index (χ3n) is 5.77. The molecule has 2 fully saturated rings. The minimum atomic E-state index is -3.26. The highest BCUT2D eigenvalue weighted by Gasteiger charge is 2.37. The number of carbonyl (C=O) groups is 2. The number of aryl methyl sites for hydroxylation is 1. The lowest BCUT2D eigenvalue weighted by Gasteiger charge is -2.20. The fraction of sp³-hybridized carbons (Fsp3) is 0.476. The van der Waals surface area contributed by atoms with Gasteiger partial charge < -0.3 is 5.32 Å². The number of amides is 1. The molecule has 0 radical (unpaired) electrons. The second-order valence-corrected chi connectivity index (χ2v) is 10.3. The van der Waals surface area contributed by atoms with Gasteiger partial charge in [0.2, 0.25) is 5.91 Å². The van der Waals surface area contributed by atoms with Crippen LogP contribution in [0.5, 0.6) is 0 Å². The Morgan fingerprint density at radius 3 is 2.48 bits per heavy atom. The minimum absolute atomic E-state index is 0.164. The second kappa shape index (κ2) is 7.74. The van der Waals surface area contributed by atoms with Crippen LogP contribution in [0.2, 0.25) is 0 Å². The topological polar surface area (TPSA) is 98.1 Å². The molecule has 2 aliphatic rings. The molecule has 0 saturated heterocycles. The van der Waals surface area contributed by atoms with E-state index in [1.807, 2.05) is 0 Å². The van der Waals surface area contributed by atoms with Gasteiger partial charge in [0.25, 0.3) is 0 Å². The predicted molar refractivity (Wildman–Crippen MR) is 108 cm³/mol. The molecule has 2 aliphatic carbocycles. The van der Waals surface area contributed by atoms with Crippen molar-refractivity contribution >= 4 is 27.3 Å². The number of hydrogen-bond acceptors (Lipinski definition) is 5. The number of nitrogens with one attached hydrogen (secondary N) is 1. The van der Waals surface area contributed by atoms with Gasteiger partial charge in [0.05, 0.1) is 16.1 Å². The van der Waals surface area contributed by atoms with Crippen molar-refractivity contribution in [1.82, 2.24) is 9.78 Å². The van der Waals surface area contributed by atoms with Crippen molar-refractivity contribution in [2.24, 2.45) is 13.0 Å². The highest BCUT2D eigenvalue weighted by molar-refractivity contribution is 7.92. The maximum atomic E-state index is 13.0. The number of carbonyl (C=O) groups excluding carboxylic acids is 2. The van der Waals surface area contributed by atoms with Crippen LogP contribution < -0.4 is 5.32 Å². The maximum absolute atomic E-state index is 13.0. The normalized spacial score (nSPS) is 20.6. The van der Waals surface area contributed by atoms with Gasteiger partial charge in [-0.25, -0.2) is 8.42 Å². The number of sulfone groups is 1. The van der Waals surface area contributed by atoms with E-state index in [0.717, 1.165) is 24.8 Å². The van der Waals surface area contributed by atoms with E-state index in [1.165, 1.54) is 0 Å². The van der Waals surface area contributed by atoms with E-state index < -0.39 is 15.8 Å². The van der Waals surface area contributed by atoms with Crippen LogP contribution >= 0.6 is 0 Å². The zero-order chi connectivity index (χ0) is 20.6. The van der Waals surface area contributed by atoms with Crippen LogP contribution in [0.3, 0.4) is 0 Å². The summed E-state index contributed by atoms with van der Waals surface area (Å²) >= 11 is 0. The number of anilines is 1. The van der Waals surface area contributed by atoms with Crippen molar-refractivity contribution in [3.63, 3.8) is 0 Å². The van der Waals surface area contributed by atoms with Crippen molar-refractivity contribution in [3.8, 4) is 0 Å². The second-order valence-electron chi connectivity index (χ2n) is 8.11. The molecule has 0 aliphatic heterocycles. The summed E-state index contributed by atoms with van der Waals surface area (Å²) in [4.78, 5) is 25.0. The monoisotopic (exact) mass is 415 g/mol. The predicted octanol–water partition coefficient (Wildman–Crippen LogP) is 2.84. The third-order valence-corrected chi connectivity index (χ3v) is 8.05. The molecule has 2 saturated carbocycles.